The van der Waals surface area contributed by atoms with Gasteiger partial charge in [0.2, 0.25) is 5.91 Å². The first-order valence-corrected chi connectivity index (χ1v) is 6.99. The summed E-state index contributed by atoms with van der Waals surface area (Å²) in [5.41, 5.74) is 3.05. The number of hydrogen-bond acceptors (Lipinski definition) is 4. The van der Waals surface area contributed by atoms with Crippen LogP contribution in [0.1, 0.15) is 18.2 Å². The molecule has 19 heavy (non-hydrogen) atoms. The van der Waals surface area contributed by atoms with Crippen molar-refractivity contribution in [2.24, 2.45) is 0 Å². The zero-order chi connectivity index (χ0) is 13.8. The molecule has 100 valence electrons. The number of aryl methyl sites for hydroxylation is 2. The number of hydrogen-bond donors (Lipinski definition) is 2. The molecule has 0 fully saturated rings. The Bertz CT molecular complexity index is 562. The fraction of sp³-hybridized carbons (Fsp3) is 0.286. The molecule has 2 N–H and O–H groups in total. The Hall–Kier alpha value is -1.88. The van der Waals surface area contributed by atoms with Gasteiger partial charge in [0.15, 0.2) is 5.13 Å². The number of nitrogens with one attached hydrogen (secondary N) is 2. The van der Waals surface area contributed by atoms with Crippen molar-refractivity contribution in [3.8, 4) is 0 Å². The van der Waals surface area contributed by atoms with Crippen molar-refractivity contribution in [2.75, 3.05) is 10.6 Å². The number of carbonyl (C=O) groups excluding carboxylic acids is 1. The molecule has 1 heterocycles. The van der Waals surface area contributed by atoms with E-state index >= 15 is 0 Å². The van der Waals surface area contributed by atoms with Crippen LogP contribution in [0.3, 0.4) is 0 Å². The van der Waals surface area contributed by atoms with E-state index in [1.165, 1.54) is 16.9 Å². The van der Waals surface area contributed by atoms with E-state index < -0.39 is 0 Å². The Kier molecular flexibility index (Phi) is 4.16. The molecule has 0 unspecified atom stereocenters. The molecular formula is C14H17N3OS. The molecule has 0 aliphatic rings. The third kappa shape index (κ3) is 3.79. The number of benzene rings is 1. The van der Waals surface area contributed by atoms with Gasteiger partial charge in [-0.1, -0.05) is 17.7 Å². The molecule has 0 saturated carbocycles. The minimum Gasteiger partial charge on any atom is -0.374 e. The molecule has 2 rings (SSSR count). The summed E-state index contributed by atoms with van der Waals surface area (Å²) >= 11 is 1.43. The SMILES string of the molecule is Cc1ccc(N[C@@H](C)C(=O)Nc2nc(C)cs2)cc1. The molecule has 2 aromatic rings. The standard InChI is InChI=1S/C14H17N3OS/c1-9-4-6-12(7-5-9)16-11(3)13(18)17-14-15-10(2)8-19-14/h4-8,11,16H,1-3H3,(H,15,17,18)/t11-/m0/s1. The van der Waals surface area contributed by atoms with Crippen molar-refractivity contribution in [2.45, 2.75) is 26.8 Å². The maximum absolute atomic E-state index is 12.0. The molecule has 5 heteroatoms. The number of nitrogens with zero attached hydrogens (tertiary/aromatic N) is 1. The van der Waals surface area contributed by atoms with Gasteiger partial charge >= 0.3 is 0 Å². The average Bonchev–Trinajstić information content (AvgIpc) is 2.77. The van der Waals surface area contributed by atoms with E-state index in [1.807, 2.05) is 50.4 Å². The van der Waals surface area contributed by atoms with E-state index in [-0.39, 0.29) is 11.9 Å². The molecule has 0 aliphatic heterocycles. The van der Waals surface area contributed by atoms with Crippen molar-refractivity contribution in [1.82, 2.24) is 4.98 Å². The Morgan fingerprint density at radius 3 is 2.53 bits per heavy atom. The van der Waals surface area contributed by atoms with Gasteiger partial charge in [-0.05, 0) is 32.9 Å². The maximum Gasteiger partial charge on any atom is 0.248 e. The van der Waals surface area contributed by atoms with E-state index in [1.54, 1.807) is 0 Å². The number of amides is 1. The van der Waals surface area contributed by atoms with E-state index in [4.69, 9.17) is 0 Å². The summed E-state index contributed by atoms with van der Waals surface area (Å²) in [4.78, 5) is 16.2. The van der Waals surface area contributed by atoms with Crippen molar-refractivity contribution in [3.05, 3.63) is 40.9 Å². The van der Waals surface area contributed by atoms with Gasteiger partial charge in [0.25, 0.3) is 0 Å². The number of thiazole rings is 1. The molecule has 0 aliphatic carbocycles. The Labute approximate surface area is 116 Å². The predicted molar refractivity (Wildman–Crippen MR) is 79.7 cm³/mol. The average molecular weight is 275 g/mol. The molecular weight excluding hydrogens is 258 g/mol. The van der Waals surface area contributed by atoms with E-state index in [2.05, 4.69) is 15.6 Å². The van der Waals surface area contributed by atoms with Crippen LogP contribution >= 0.6 is 11.3 Å². The van der Waals surface area contributed by atoms with Crippen LogP contribution < -0.4 is 10.6 Å². The third-order valence-corrected chi connectivity index (χ3v) is 3.55. The summed E-state index contributed by atoms with van der Waals surface area (Å²) in [6.07, 6.45) is 0. The quantitative estimate of drug-likeness (QED) is 0.901. The first kappa shape index (κ1) is 13.5. The monoisotopic (exact) mass is 275 g/mol. The Morgan fingerprint density at radius 2 is 1.95 bits per heavy atom. The van der Waals surface area contributed by atoms with Crippen LogP contribution in [0.4, 0.5) is 10.8 Å². The van der Waals surface area contributed by atoms with E-state index in [9.17, 15) is 4.79 Å². The number of aromatic nitrogens is 1. The molecule has 0 spiro atoms. The zero-order valence-corrected chi connectivity index (χ0v) is 12.0. The van der Waals surface area contributed by atoms with E-state index in [0.29, 0.717) is 5.13 Å². The third-order valence-electron chi connectivity index (χ3n) is 2.68. The lowest BCUT2D eigenvalue weighted by Gasteiger charge is -2.14. The summed E-state index contributed by atoms with van der Waals surface area (Å²) in [6.45, 7) is 5.76. The summed E-state index contributed by atoms with van der Waals surface area (Å²) in [5.74, 6) is -0.0880. The van der Waals surface area contributed by atoms with Gasteiger partial charge in [-0.2, -0.15) is 0 Å². The van der Waals surface area contributed by atoms with Gasteiger partial charge < -0.3 is 10.6 Å². The molecule has 0 bridgehead atoms. The summed E-state index contributed by atoms with van der Waals surface area (Å²) < 4.78 is 0. The van der Waals surface area contributed by atoms with Crippen LogP contribution in [0.2, 0.25) is 0 Å². The molecule has 1 atom stereocenters. The highest BCUT2D eigenvalue weighted by molar-refractivity contribution is 7.13. The predicted octanol–water partition coefficient (Wildman–Crippen LogP) is 3.20. The lowest BCUT2D eigenvalue weighted by atomic mass is 10.2. The second-order valence-corrected chi connectivity index (χ2v) is 5.37. The lowest BCUT2D eigenvalue weighted by molar-refractivity contribution is -0.116. The van der Waals surface area contributed by atoms with Crippen molar-refractivity contribution in [1.29, 1.82) is 0 Å². The molecule has 0 saturated heterocycles. The fourth-order valence-electron chi connectivity index (χ4n) is 1.59. The second kappa shape index (κ2) is 5.84. The second-order valence-electron chi connectivity index (χ2n) is 4.52. The molecule has 0 radical (unpaired) electrons. The first-order valence-electron chi connectivity index (χ1n) is 6.11. The van der Waals surface area contributed by atoms with Gasteiger partial charge in [-0.25, -0.2) is 4.98 Å². The van der Waals surface area contributed by atoms with E-state index in [0.717, 1.165) is 11.4 Å². The van der Waals surface area contributed by atoms with Gasteiger partial charge in [-0.15, -0.1) is 11.3 Å². The van der Waals surface area contributed by atoms with Gasteiger partial charge in [0, 0.05) is 11.1 Å². The number of carbonyl (C=O) groups is 1. The summed E-state index contributed by atoms with van der Waals surface area (Å²) in [5, 5.41) is 8.51. The maximum atomic E-state index is 12.0. The highest BCUT2D eigenvalue weighted by atomic mass is 32.1. The van der Waals surface area contributed by atoms with Crippen LogP contribution in [0.5, 0.6) is 0 Å². The Morgan fingerprint density at radius 1 is 1.26 bits per heavy atom. The van der Waals surface area contributed by atoms with Crippen LogP contribution in [0.25, 0.3) is 0 Å². The van der Waals surface area contributed by atoms with Crippen molar-refractivity contribution >= 4 is 28.1 Å². The van der Waals surface area contributed by atoms with Crippen molar-refractivity contribution in [3.63, 3.8) is 0 Å². The first-order chi connectivity index (χ1) is 9.04. The largest absolute Gasteiger partial charge is 0.374 e. The molecule has 1 aromatic carbocycles. The minimum absolute atomic E-state index is 0.0880. The molecule has 4 nitrogen and oxygen atoms in total. The molecule has 1 aromatic heterocycles. The number of anilines is 2. The van der Waals surface area contributed by atoms with Gasteiger partial charge in [0.05, 0.1) is 5.69 Å². The number of rotatable bonds is 4. The smallest absolute Gasteiger partial charge is 0.248 e. The van der Waals surface area contributed by atoms with Gasteiger partial charge in [-0.3, -0.25) is 4.79 Å². The molecule has 1 amide bonds. The topological polar surface area (TPSA) is 54.0 Å². The summed E-state index contributed by atoms with van der Waals surface area (Å²) in [6, 6.07) is 7.64. The summed E-state index contributed by atoms with van der Waals surface area (Å²) in [7, 11) is 0. The van der Waals surface area contributed by atoms with Crippen molar-refractivity contribution < 1.29 is 4.79 Å². The van der Waals surface area contributed by atoms with Crippen LogP contribution in [-0.2, 0) is 4.79 Å². The highest BCUT2D eigenvalue weighted by Gasteiger charge is 2.13. The Balaban J connectivity index is 1.94. The van der Waals surface area contributed by atoms with Crippen LogP contribution in [0, 0.1) is 13.8 Å². The highest BCUT2D eigenvalue weighted by Crippen LogP contribution is 2.15. The van der Waals surface area contributed by atoms with Crippen LogP contribution in [-0.4, -0.2) is 16.9 Å². The zero-order valence-electron chi connectivity index (χ0n) is 11.2. The minimum atomic E-state index is -0.313. The fourth-order valence-corrected chi connectivity index (χ4v) is 2.28. The lowest BCUT2D eigenvalue weighted by Crippen LogP contribution is -2.31. The van der Waals surface area contributed by atoms with Gasteiger partial charge in [0.1, 0.15) is 6.04 Å². The normalized spacial score (nSPS) is 11.9. The van der Waals surface area contributed by atoms with Crippen LogP contribution in [0.15, 0.2) is 29.6 Å².